The van der Waals surface area contributed by atoms with Crippen LogP contribution in [0, 0.1) is 6.92 Å². The van der Waals surface area contributed by atoms with Crippen molar-refractivity contribution in [2.45, 2.75) is 19.4 Å². The lowest BCUT2D eigenvalue weighted by Gasteiger charge is -2.17. The number of aromatic nitrogens is 4. The van der Waals surface area contributed by atoms with Gasteiger partial charge in [0.15, 0.2) is 0 Å². The molecule has 0 radical (unpaired) electrons. The molecule has 20 heavy (non-hydrogen) atoms. The number of aryl methyl sites for hydroxylation is 1. The topological polar surface area (TPSA) is 55.1 Å². The molecule has 5 heteroatoms. The molecule has 2 aromatic heterocycles. The zero-order valence-electron chi connectivity index (χ0n) is 11.6. The van der Waals surface area contributed by atoms with Crippen LogP contribution in [0.3, 0.4) is 0 Å². The van der Waals surface area contributed by atoms with Crippen LogP contribution < -0.4 is 5.32 Å². The number of nitrogens with one attached hydrogen (secondary N) is 1. The van der Waals surface area contributed by atoms with Gasteiger partial charge in [-0.05, 0) is 25.6 Å². The van der Waals surface area contributed by atoms with Crippen LogP contribution in [-0.4, -0.2) is 26.6 Å². The van der Waals surface area contributed by atoms with E-state index in [0.29, 0.717) is 5.78 Å². The first-order chi connectivity index (χ1) is 9.78. The van der Waals surface area contributed by atoms with Crippen LogP contribution in [-0.2, 0) is 6.42 Å². The van der Waals surface area contributed by atoms with Gasteiger partial charge >= 0.3 is 0 Å². The van der Waals surface area contributed by atoms with E-state index in [2.05, 4.69) is 50.7 Å². The van der Waals surface area contributed by atoms with Crippen LogP contribution >= 0.6 is 0 Å². The first kappa shape index (κ1) is 12.7. The van der Waals surface area contributed by atoms with E-state index >= 15 is 0 Å². The maximum atomic E-state index is 4.37. The fourth-order valence-electron chi connectivity index (χ4n) is 2.43. The van der Waals surface area contributed by atoms with Gasteiger partial charge in [-0.15, -0.1) is 0 Å². The summed E-state index contributed by atoms with van der Waals surface area (Å²) in [6.45, 7) is 1.98. The van der Waals surface area contributed by atoms with Gasteiger partial charge in [0.05, 0.1) is 0 Å². The van der Waals surface area contributed by atoms with Gasteiger partial charge in [0.25, 0.3) is 5.78 Å². The normalized spacial score (nSPS) is 12.7. The second kappa shape index (κ2) is 5.38. The van der Waals surface area contributed by atoms with Crippen molar-refractivity contribution >= 4 is 5.78 Å². The molecule has 0 saturated heterocycles. The Bertz CT molecular complexity index is 705. The van der Waals surface area contributed by atoms with Crippen molar-refractivity contribution in [2.75, 3.05) is 7.05 Å². The first-order valence-corrected chi connectivity index (χ1v) is 6.66. The maximum Gasteiger partial charge on any atom is 0.252 e. The highest BCUT2D eigenvalue weighted by molar-refractivity contribution is 5.31. The molecule has 102 valence electrons. The van der Waals surface area contributed by atoms with Crippen molar-refractivity contribution in [2.24, 2.45) is 0 Å². The summed E-state index contributed by atoms with van der Waals surface area (Å²) in [5.41, 5.74) is 3.33. The summed E-state index contributed by atoms with van der Waals surface area (Å²) in [6, 6.07) is 12.7. The number of benzene rings is 1. The fraction of sp³-hybridized carbons (Fsp3) is 0.267. The van der Waals surface area contributed by atoms with Gasteiger partial charge in [-0.25, -0.2) is 9.50 Å². The summed E-state index contributed by atoms with van der Waals surface area (Å²) in [6.07, 6.45) is 2.38. The number of nitrogens with zero attached hydrogens (tertiary/aromatic N) is 4. The first-order valence-electron chi connectivity index (χ1n) is 6.66. The molecule has 5 nitrogen and oxygen atoms in total. The SMILES string of the molecule is CNC(Cc1cc(C)nc2ncnn12)c1ccccc1. The minimum absolute atomic E-state index is 0.241. The van der Waals surface area contributed by atoms with Gasteiger partial charge in [-0.3, -0.25) is 0 Å². The third-order valence-corrected chi connectivity index (χ3v) is 3.42. The molecule has 0 amide bonds. The van der Waals surface area contributed by atoms with E-state index in [-0.39, 0.29) is 6.04 Å². The molecule has 3 aromatic rings. The zero-order valence-corrected chi connectivity index (χ0v) is 11.6. The lowest BCUT2D eigenvalue weighted by molar-refractivity contribution is 0.574. The molecule has 0 spiro atoms. The van der Waals surface area contributed by atoms with Crippen molar-refractivity contribution < 1.29 is 0 Å². The molecule has 1 aromatic carbocycles. The van der Waals surface area contributed by atoms with Gasteiger partial charge in [0, 0.05) is 23.9 Å². The molecule has 1 N–H and O–H groups in total. The molecule has 0 fully saturated rings. The second-order valence-electron chi connectivity index (χ2n) is 4.82. The Morgan fingerprint density at radius 3 is 2.80 bits per heavy atom. The lowest BCUT2D eigenvalue weighted by atomic mass is 10.0. The Balaban J connectivity index is 1.97. The van der Waals surface area contributed by atoms with E-state index in [1.807, 2.05) is 20.0 Å². The van der Waals surface area contributed by atoms with Gasteiger partial charge in [0.2, 0.25) is 0 Å². The van der Waals surface area contributed by atoms with Crippen LogP contribution in [0.2, 0.25) is 0 Å². The Kier molecular flexibility index (Phi) is 3.43. The van der Waals surface area contributed by atoms with Crippen molar-refractivity contribution in [1.82, 2.24) is 24.9 Å². The maximum absolute atomic E-state index is 4.37. The molecule has 0 bridgehead atoms. The summed E-state index contributed by atoms with van der Waals surface area (Å²) in [5.74, 6) is 0.655. The Labute approximate surface area is 117 Å². The molecule has 3 rings (SSSR count). The molecule has 1 unspecified atom stereocenters. The van der Waals surface area contributed by atoms with Crippen LogP contribution in [0.4, 0.5) is 0 Å². The summed E-state index contributed by atoms with van der Waals surface area (Å²) < 4.78 is 1.81. The number of likely N-dealkylation sites (N-methyl/N-ethyl adjacent to an activating group) is 1. The largest absolute Gasteiger partial charge is 0.313 e. The molecule has 0 saturated carbocycles. The standard InChI is InChI=1S/C15H17N5/c1-11-8-13(20-15(19-11)17-10-18-20)9-14(16-2)12-6-4-3-5-7-12/h3-8,10,14,16H,9H2,1-2H3. The van der Waals surface area contributed by atoms with Crippen LogP contribution in [0.15, 0.2) is 42.7 Å². The summed E-state index contributed by atoms with van der Waals surface area (Å²) >= 11 is 0. The highest BCUT2D eigenvalue weighted by atomic mass is 15.3. The Morgan fingerprint density at radius 1 is 1.25 bits per heavy atom. The number of fused-ring (bicyclic) bond motifs is 1. The third kappa shape index (κ3) is 2.40. The summed E-state index contributed by atoms with van der Waals surface area (Å²) in [7, 11) is 1.98. The van der Waals surface area contributed by atoms with Crippen molar-refractivity contribution in [3.05, 3.63) is 59.7 Å². The highest BCUT2D eigenvalue weighted by Crippen LogP contribution is 2.18. The van der Waals surface area contributed by atoms with E-state index in [9.17, 15) is 0 Å². The summed E-state index contributed by atoms with van der Waals surface area (Å²) in [5, 5.41) is 7.62. The average molecular weight is 267 g/mol. The fourth-order valence-corrected chi connectivity index (χ4v) is 2.43. The van der Waals surface area contributed by atoms with Crippen molar-refractivity contribution in [1.29, 1.82) is 0 Å². The Hall–Kier alpha value is -2.27. The quantitative estimate of drug-likeness (QED) is 0.785. The minimum atomic E-state index is 0.241. The molecule has 2 heterocycles. The van der Waals surface area contributed by atoms with Gasteiger partial charge in [-0.2, -0.15) is 10.1 Å². The van der Waals surface area contributed by atoms with Crippen LogP contribution in [0.1, 0.15) is 23.0 Å². The minimum Gasteiger partial charge on any atom is -0.313 e. The third-order valence-electron chi connectivity index (χ3n) is 3.42. The van der Waals surface area contributed by atoms with E-state index in [4.69, 9.17) is 0 Å². The molecule has 0 aliphatic heterocycles. The molecule has 1 atom stereocenters. The van der Waals surface area contributed by atoms with Crippen molar-refractivity contribution in [3.63, 3.8) is 0 Å². The molecule has 0 aliphatic rings. The highest BCUT2D eigenvalue weighted by Gasteiger charge is 2.13. The van der Waals surface area contributed by atoms with E-state index in [1.54, 1.807) is 10.8 Å². The lowest BCUT2D eigenvalue weighted by Crippen LogP contribution is -2.20. The van der Waals surface area contributed by atoms with E-state index in [1.165, 1.54) is 5.56 Å². The van der Waals surface area contributed by atoms with Crippen LogP contribution in [0.5, 0.6) is 0 Å². The van der Waals surface area contributed by atoms with Gasteiger partial charge < -0.3 is 5.32 Å². The molecular formula is C15H17N5. The number of hydrogen-bond donors (Lipinski definition) is 1. The molecule has 0 aliphatic carbocycles. The molecular weight excluding hydrogens is 250 g/mol. The van der Waals surface area contributed by atoms with E-state index in [0.717, 1.165) is 17.8 Å². The number of hydrogen-bond acceptors (Lipinski definition) is 4. The predicted octanol–water partition coefficient (Wildman–Crippen LogP) is 1.94. The summed E-state index contributed by atoms with van der Waals surface area (Å²) in [4.78, 5) is 8.54. The number of rotatable bonds is 4. The monoisotopic (exact) mass is 267 g/mol. The van der Waals surface area contributed by atoms with Gasteiger partial charge in [0.1, 0.15) is 6.33 Å². The van der Waals surface area contributed by atoms with Crippen molar-refractivity contribution in [3.8, 4) is 0 Å². The van der Waals surface area contributed by atoms with Gasteiger partial charge in [-0.1, -0.05) is 30.3 Å². The van der Waals surface area contributed by atoms with E-state index < -0.39 is 0 Å². The smallest absolute Gasteiger partial charge is 0.252 e. The zero-order chi connectivity index (χ0) is 13.9. The Morgan fingerprint density at radius 2 is 2.05 bits per heavy atom. The predicted molar refractivity (Wildman–Crippen MR) is 77.5 cm³/mol. The average Bonchev–Trinajstić information content (AvgIpc) is 2.93. The van der Waals surface area contributed by atoms with Crippen LogP contribution in [0.25, 0.3) is 5.78 Å². The second-order valence-corrected chi connectivity index (χ2v) is 4.82.